The quantitative estimate of drug-likeness (QED) is 0.537. The van der Waals surface area contributed by atoms with Crippen LogP contribution >= 0.6 is 23.6 Å². The van der Waals surface area contributed by atoms with Gasteiger partial charge in [0.15, 0.2) is 16.6 Å². The van der Waals surface area contributed by atoms with E-state index in [4.69, 9.17) is 21.5 Å². The van der Waals surface area contributed by atoms with Crippen LogP contribution in [0.2, 0.25) is 0 Å². The number of phenols is 1. The van der Waals surface area contributed by atoms with Crippen molar-refractivity contribution in [2.24, 2.45) is 0 Å². The Balaban J connectivity index is 1.82. The number of phenolic OH excluding ortho intramolecular Hbond substituents is 1. The molecule has 0 saturated carbocycles. The molecule has 1 aromatic carbocycles. The molecule has 7 nitrogen and oxygen atoms in total. The Hall–Kier alpha value is -2.91. The lowest BCUT2D eigenvalue weighted by Crippen LogP contribution is -2.46. The first-order valence-corrected chi connectivity index (χ1v) is 10.9. The second-order valence-corrected chi connectivity index (χ2v) is 8.20. The first kappa shape index (κ1) is 20.4. The summed E-state index contributed by atoms with van der Waals surface area (Å²) in [5.41, 5.74) is 2.59. The monoisotopic (exact) mass is 442 g/mol. The van der Waals surface area contributed by atoms with Gasteiger partial charge >= 0.3 is 0 Å². The summed E-state index contributed by atoms with van der Waals surface area (Å²) in [6, 6.07) is 8.84. The van der Waals surface area contributed by atoms with Crippen LogP contribution in [0.1, 0.15) is 37.8 Å². The van der Waals surface area contributed by atoms with Crippen LogP contribution < -0.4 is 10.1 Å². The number of aromatic hydroxyl groups is 1. The molecule has 3 aromatic rings. The Morgan fingerprint density at radius 3 is 2.87 bits per heavy atom. The highest BCUT2D eigenvalue weighted by molar-refractivity contribution is 7.80. The van der Waals surface area contributed by atoms with Crippen molar-refractivity contribution in [1.82, 2.24) is 20.4 Å². The van der Waals surface area contributed by atoms with E-state index in [9.17, 15) is 5.11 Å². The summed E-state index contributed by atoms with van der Waals surface area (Å²) in [6.45, 7) is 4.88. The zero-order valence-corrected chi connectivity index (χ0v) is 18.5. The van der Waals surface area contributed by atoms with Crippen molar-refractivity contribution in [2.45, 2.75) is 26.3 Å². The number of rotatable bonds is 6. The number of nitrogens with zero attached hydrogens (tertiary/aromatic N) is 3. The maximum absolute atomic E-state index is 10.3. The molecule has 3 heterocycles. The second-order valence-electron chi connectivity index (χ2n) is 6.86. The van der Waals surface area contributed by atoms with Crippen molar-refractivity contribution in [3.8, 4) is 22.2 Å². The molecule has 156 valence electrons. The molecule has 1 aliphatic heterocycles. The number of methoxy groups -OCH3 is 1. The Labute approximate surface area is 184 Å². The summed E-state index contributed by atoms with van der Waals surface area (Å²) < 4.78 is 10.9. The molecular weight excluding hydrogens is 420 g/mol. The number of ether oxygens (including phenoxy) is 1. The third kappa shape index (κ3) is 3.66. The highest BCUT2D eigenvalue weighted by atomic mass is 32.1. The van der Waals surface area contributed by atoms with Crippen LogP contribution in [-0.4, -0.2) is 38.9 Å². The second kappa shape index (κ2) is 8.45. The molecule has 1 aliphatic rings. The van der Waals surface area contributed by atoms with Gasteiger partial charge in [-0.25, -0.2) is 0 Å². The van der Waals surface area contributed by atoms with Crippen molar-refractivity contribution in [3.63, 3.8) is 0 Å². The molecule has 0 fully saturated rings. The van der Waals surface area contributed by atoms with Gasteiger partial charge in [-0.1, -0.05) is 24.2 Å². The maximum Gasteiger partial charge on any atom is 0.258 e. The average molecular weight is 443 g/mol. The van der Waals surface area contributed by atoms with Gasteiger partial charge in [0, 0.05) is 12.2 Å². The fraction of sp³-hybridized carbons (Fsp3) is 0.286. The van der Waals surface area contributed by atoms with Gasteiger partial charge in [-0.15, -0.1) is 11.3 Å². The first-order chi connectivity index (χ1) is 14.5. The van der Waals surface area contributed by atoms with Crippen molar-refractivity contribution in [3.05, 3.63) is 52.9 Å². The minimum atomic E-state index is -0.348. The largest absolute Gasteiger partial charge is 0.504 e. The number of thiophene rings is 1. The van der Waals surface area contributed by atoms with Crippen molar-refractivity contribution in [2.75, 3.05) is 13.7 Å². The molecular formula is C21H22N4O3S2. The molecule has 0 spiro atoms. The van der Waals surface area contributed by atoms with E-state index in [2.05, 4.69) is 22.4 Å². The van der Waals surface area contributed by atoms with Crippen molar-refractivity contribution < 1.29 is 14.4 Å². The smallest absolute Gasteiger partial charge is 0.258 e. The van der Waals surface area contributed by atoms with Crippen molar-refractivity contribution in [1.29, 1.82) is 0 Å². The van der Waals surface area contributed by atoms with Crippen molar-refractivity contribution >= 4 is 34.2 Å². The van der Waals surface area contributed by atoms with Gasteiger partial charge in [0.2, 0.25) is 5.82 Å². The molecule has 0 radical (unpaired) electrons. The van der Waals surface area contributed by atoms with Gasteiger partial charge in [-0.05, 0) is 54.7 Å². The zero-order valence-electron chi connectivity index (χ0n) is 16.9. The normalized spacial score (nSPS) is 16.7. The minimum absolute atomic E-state index is 0.0560. The Bertz CT molecular complexity index is 1090. The number of hydrogen-bond donors (Lipinski definition) is 2. The average Bonchev–Trinajstić information content (AvgIpc) is 3.42. The van der Waals surface area contributed by atoms with Gasteiger partial charge < -0.3 is 24.6 Å². The number of nitrogens with one attached hydrogen (secondary N) is 1. The Morgan fingerprint density at radius 1 is 1.37 bits per heavy atom. The topological polar surface area (TPSA) is 83.7 Å². The molecule has 9 heteroatoms. The van der Waals surface area contributed by atoms with Gasteiger partial charge in [-0.2, -0.15) is 4.98 Å². The van der Waals surface area contributed by atoms with Gasteiger partial charge in [0.1, 0.15) is 0 Å². The molecule has 0 aliphatic carbocycles. The molecule has 1 atom stereocenters. The van der Waals surface area contributed by atoms with Crippen LogP contribution in [0.15, 0.2) is 45.9 Å². The predicted molar refractivity (Wildman–Crippen MR) is 120 cm³/mol. The molecule has 2 aromatic heterocycles. The number of benzene rings is 1. The molecule has 0 saturated heterocycles. The number of allylic oxidation sites excluding steroid dienone is 1. The van der Waals surface area contributed by atoms with E-state index in [1.165, 1.54) is 7.11 Å². The molecule has 2 N–H and O–H groups in total. The molecule has 30 heavy (non-hydrogen) atoms. The summed E-state index contributed by atoms with van der Waals surface area (Å²) in [5.74, 6) is 1.43. The van der Waals surface area contributed by atoms with E-state index in [1.54, 1.807) is 23.5 Å². The highest BCUT2D eigenvalue weighted by Gasteiger charge is 2.34. The molecule has 4 rings (SSSR count). The molecule has 1 unspecified atom stereocenters. The lowest BCUT2D eigenvalue weighted by Gasteiger charge is -2.37. The maximum atomic E-state index is 10.3. The van der Waals surface area contributed by atoms with E-state index in [0.29, 0.717) is 22.6 Å². The Morgan fingerprint density at radius 2 is 2.20 bits per heavy atom. The van der Waals surface area contributed by atoms with Crippen LogP contribution in [0.4, 0.5) is 0 Å². The van der Waals surface area contributed by atoms with Crippen LogP contribution in [0.3, 0.4) is 0 Å². The standard InChI is InChI=1S/C21H22N4O3S2/c1-4-9-25-12(2)17(20-23-19(24-28-20)16-6-5-10-30-16)18(22-21(25)29)13-7-8-15(27-3)14(26)11-13/h5-8,10-11,18,26H,4,9H2,1-3H3,(H,22,29). The molecule has 0 bridgehead atoms. The van der Waals surface area contributed by atoms with Crippen LogP contribution in [0.25, 0.3) is 16.3 Å². The van der Waals surface area contributed by atoms with E-state index >= 15 is 0 Å². The summed E-state index contributed by atoms with van der Waals surface area (Å²) >= 11 is 7.18. The zero-order chi connectivity index (χ0) is 21.3. The van der Waals surface area contributed by atoms with Gasteiger partial charge in [-0.3, -0.25) is 0 Å². The van der Waals surface area contributed by atoms with Crippen LogP contribution in [0.5, 0.6) is 11.5 Å². The Kier molecular flexibility index (Phi) is 5.74. The van der Waals surface area contributed by atoms with Crippen LogP contribution in [-0.2, 0) is 0 Å². The highest BCUT2D eigenvalue weighted by Crippen LogP contribution is 2.40. The summed E-state index contributed by atoms with van der Waals surface area (Å²) in [6.07, 6.45) is 0.935. The third-order valence-electron chi connectivity index (χ3n) is 4.98. The summed E-state index contributed by atoms with van der Waals surface area (Å²) in [4.78, 5) is 7.63. The number of thiocarbonyl (C=S) groups is 1. The lowest BCUT2D eigenvalue weighted by atomic mass is 9.94. The summed E-state index contributed by atoms with van der Waals surface area (Å²) in [5, 5.41) is 20.5. The number of hydrogen-bond acceptors (Lipinski definition) is 7. The van der Waals surface area contributed by atoms with E-state index in [-0.39, 0.29) is 11.8 Å². The van der Waals surface area contributed by atoms with E-state index in [1.807, 2.05) is 35.4 Å². The SMILES string of the molecule is CCCN1C(=S)NC(c2ccc(OC)c(O)c2)C(c2nc(-c3cccs3)no2)=C1C. The first-order valence-electron chi connectivity index (χ1n) is 9.57. The van der Waals surface area contributed by atoms with E-state index in [0.717, 1.165) is 34.7 Å². The van der Waals surface area contributed by atoms with Crippen LogP contribution in [0, 0.1) is 0 Å². The third-order valence-corrected chi connectivity index (χ3v) is 6.18. The fourth-order valence-corrected chi connectivity index (χ4v) is 4.52. The lowest BCUT2D eigenvalue weighted by molar-refractivity contribution is 0.372. The minimum Gasteiger partial charge on any atom is -0.504 e. The predicted octanol–water partition coefficient (Wildman–Crippen LogP) is 4.58. The fourth-order valence-electron chi connectivity index (χ4n) is 3.53. The van der Waals surface area contributed by atoms with Gasteiger partial charge in [0.25, 0.3) is 5.89 Å². The molecule has 0 amide bonds. The summed E-state index contributed by atoms with van der Waals surface area (Å²) in [7, 11) is 1.52. The van der Waals surface area contributed by atoms with Gasteiger partial charge in [0.05, 0.1) is 23.6 Å². The van der Waals surface area contributed by atoms with E-state index < -0.39 is 0 Å². The number of aromatic nitrogens is 2.